The van der Waals surface area contributed by atoms with Crippen LogP contribution in [0, 0.1) is 0 Å². The number of rotatable bonds is 10. The third kappa shape index (κ3) is 5.94. The molecule has 1 aromatic heterocycles. The molecule has 0 bridgehead atoms. The number of ether oxygens (including phenoxy) is 1. The van der Waals surface area contributed by atoms with Gasteiger partial charge in [-0.2, -0.15) is 4.72 Å². The summed E-state index contributed by atoms with van der Waals surface area (Å²) in [4.78, 5) is 11.6. The number of hydrogen-bond donors (Lipinski definition) is 3. The van der Waals surface area contributed by atoms with Crippen molar-refractivity contribution in [2.45, 2.75) is 30.3 Å². The van der Waals surface area contributed by atoms with E-state index in [9.17, 15) is 23.4 Å². The smallest absolute Gasteiger partial charge is 0.321 e. The van der Waals surface area contributed by atoms with Gasteiger partial charge in [-0.1, -0.05) is 29.8 Å². The van der Waals surface area contributed by atoms with Crippen LogP contribution < -0.4 is 9.46 Å². The number of hydrogen-bond acceptors (Lipinski definition) is 5. The van der Waals surface area contributed by atoms with Gasteiger partial charge < -0.3 is 19.5 Å². The zero-order valence-electron chi connectivity index (χ0n) is 18.5. The van der Waals surface area contributed by atoms with Gasteiger partial charge in [0, 0.05) is 28.5 Å². The zero-order valence-corrected chi connectivity index (χ0v) is 20.0. The minimum atomic E-state index is -4.08. The molecule has 0 unspecified atom stereocenters. The number of carboxylic acid groups (broad SMARTS) is 1. The Balaban J connectivity index is 1.38. The summed E-state index contributed by atoms with van der Waals surface area (Å²) in [5.41, 5.74) is 0. The summed E-state index contributed by atoms with van der Waals surface area (Å²) in [5, 5.41) is 22.0. The number of aliphatic carboxylic acids is 1. The lowest BCUT2D eigenvalue weighted by atomic mass is 10.2. The summed E-state index contributed by atoms with van der Waals surface area (Å²) < 4.78 is 35.1. The Morgan fingerprint density at radius 2 is 1.63 bits per heavy atom. The van der Waals surface area contributed by atoms with E-state index >= 15 is 0 Å². The van der Waals surface area contributed by atoms with E-state index in [1.54, 1.807) is 41.1 Å². The van der Waals surface area contributed by atoms with E-state index in [1.165, 1.54) is 24.3 Å². The first-order valence-corrected chi connectivity index (χ1v) is 12.6. The van der Waals surface area contributed by atoms with Gasteiger partial charge >= 0.3 is 5.97 Å². The molecule has 0 aliphatic carbocycles. The number of benzene rings is 3. The van der Waals surface area contributed by atoms with E-state index in [1.807, 2.05) is 18.2 Å². The van der Waals surface area contributed by atoms with Crippen molar-refractivity contribution < 1.29 is 28.2 Å². The van der Waals surface area contributed by atoms with Gasteiger partial charge in [-0.05, 0) is 67.4 Å². The van der Waals surface area contributed by atoms with Crippen molar-refractivity contribution in [2.75, 3.05) is 0 Å². The quantitative estimate of drug-likeness (QED) is 0.274. The summed E-state index contributed by atoms with van der Waals surface area (Å²) in [7, 11) is -4.08. The predicted octanol–water partition coefficient (Wildman–Crippen LogP) is 5.00. The van der Waals surface area contributed by atoms with Crippen LogP contribution in [0.3, 0.4) is 0 Å². The SMILES string of the molecule is O=C(O)[C@H](CCCn1cc2ccccc2c1O)NS(=O)(=O)c1ccc(Oc2ccc(Cl)cc2)cc1. The summed E-state index contributed by atoms with van der Waals surface area (Å²) in [6.45, 7) is 0.336. The molecule has 0 spiro atoms. The molecule has 3 aromatic carbocycles. The van der Waals surface area contributed by atoms with Crippen LogP contribution in [-0.4, -0.2) is 35.2 Å². The normalized spacial score (nSPS) is 12.5. The zero-order chi connectivity index (χ0) is 25.0. The fourth-order valence-electron chi connectivity index (χ4n) is 3.65. The number of carboxylic acids is 1. The number of sulfonamides is 1. The minimum Gasteiger partial charge on any atom is -0.494 e. The summed E-state index contributed by atoms with van der Waals surface area (Å²) >= 11 is 5.85. The average Bonchev–Trinajstić information content (AvgIpc) is 3.15. The molecule has 8 nitrogen and oxygen atoms in total. The summed E-state index contributed by atoms with van der Waals surface area (Å²) in [6, 6.07) is 18.4. The fraction of sp³-hybridized carbons (Fsp3) is 0.160. The lowest BCUT2D eigenvalue weighted by Gasteiger charge is -2.15. The largest absolute Gasteiger partial charge is 0.494 e. The minimum absolute atomic E-state index is 0.0420. The van der Waals surface area contributed by atoms with Crippen LogP contribution in [0.1, 0.15) is 12.8 Å². The highest BCUT2D eigenvalue weighted by atomic mass is 35.5. The van der Waals surface area contributed by atoms with Gasteiger partial charge in [0.2, 0.25) is 10.0 Å². The molecule has 0 radical (unpaired) electrons. The van der Waals surface area contributed by atoms with Crippen LogP contribution >= 0.6 is 11.6 Å². The molecular formula is C25H23ClN2O6S. The Kier molecular flexibility index (Phi) is 7.30. The van der Waals surface area contributed by atoms with Gasteiger partial charge in [-0.25, -0.2) is 8.42 Å². The van der Waals surface area contributed by atoms with Crippen LogP contribution in [0.5, 0.6) is 17.4 Å². The second-order valence-corrected chi connectivity index (χ2v) is 10.1. The predicted molar refractivity (Wildman–Crippen MR) is 133 cm³/mol. The van der Waals surface area contributed by atoms with E-state index in [4.69, 9.17) is 16.3 Å². The van der Waals surface area contributed by atoms with Crippen molar-refractivity contribution in [3.63, 3.8) is 0 Å². The monoisotopic (exact) mass is 514 g/mol. The Bertz CT molecular complexity index is 1430. The number of aromatic nitrogens is 1. The lowest BCUT2D eigenvalue weighted by Crippen LogP contribution is -2.40. The highest BCUT2D eigenvalue weighted by Gasteiger charge is 2.25. The molecule has 0 saturated heterocycles. The van der Waals surface area contributed by atoms with Crippen LogP contribution in [0.15, 0.2) is 83.9 Å². The fourth-order valence-corrected chi connectivity index (χ4v) is 5.00. The highest BCUT2D eigenvalue weighted by Crippen LogP contribution is 2.27. The van der Waals surface area contributed by atoms with E-state index in [0.717, 1.165) is 5.39 Å². The highest BCUT2D eigenvalue weighted by molar-refractivity contribution is 7.89. The average molecular weight is 515 g/mol. The number of halogens is 1. The van der Waals surface area contributed by atoms with E-state index in [0.29, 0.717) is 34.9 Å². The second kappa shape index (κ2) is 10.4. The van der Waals surface area contributed by atoms with Crippen LogP contribution in [0.4, 0.5) is 0 Å². The third-order valence-corrected chi connectivity index (χ3v) is 7.18. The molecule has 35 heavy (non-hydrogen) atoms. The van der Waals surface area contributed by atoms with Gasteiger partial charge in [-0.15, -0.1) is 0 Å². The van der Waals surface area contributed by atoms with Gasteiger partial charge in [0.25, 0.3) is 0 Å². The molecule has 0 saturated carbocycles. The topological polar surface area (TPSA) is 118 Å². The number of carbonyl (C=O) groups is 1. The molecule has 0 aliphatic heterocycles. The van der Waals surface area contributed by atoms with Crippen molar-refractivity contribution in [2.24, 2.45) is 0 Å². The maximum atomic E-state index is 12.8. The molecule has 1 atom stereocenters. The van der Waals surface area contributed by atoms with Gasteiger partial charge in [0.05, 0.1) is 4.90 Å². The first-order valence-electron chi connectivity index (χ1n) is 10.8. The first kappa shape index (κ1) is 24.6. The lowest BCUT2D eigenvalue weighted by molar-refractivity contribution is -0.139. The second-order valence-electron chi connectivity index (χ2n) is 7.92. The Morgan fingerprint density at radius 1 is 1.00 bits per heavy atom. The molecule has 182 valence electrons. The molecule has 4 rings (SSSR count). The third-order valence-electron chi connectivity index (χ3n) is 5.44. The Morgan fingerprint density at radius 3 is 2.26 bits per heavy atom. The van der Waals surface area contributed by atoms with Crippen molar-refractivity contribution >= 4 is 38.4 Å². The summed E-state index contributed by atoms with van der Waals surface area (Å²) in [5.74, 6) is -0.234. The number of aryl methyl sites for hydroxylation is 1. The molecule has 0 amide bonds. The molecule has 10 heteroatoms. The standard InChI is InChI=1S/C25H23ClN2O6S/c26-18-7-9-19(10-8-18)34-20-11-13-21(14-12-20)35(32,33)27-23(25(30)31)6-3-15-28-16-17-4-1-2-5-22(17)24(28)29/h1-2,4-5,7-14,16,23,27,29H,3,6,15H2,(H,30,31)/t23-/m0/s1. The summed E-state index contributed by atoms with van der Waals surface area (Å²) in [6.07, 6.45) is 2.15. The number of aromatic hydroxyl groups is 1. The number of nitrogens with zero attached hydrogens (tertiary/aromatic N) is 1. The van der Waals surface area contributed by atoms with E-state index < -0.39 is 22.0 Å². The van der Waals surface area contributed by atoms with Crippen molar-refractivity contribution in [1.82, 2.24) is 9.29 Å². The molecular weight excluding hydrogens is 492 g/mol. The Labute approximate surface area is 207 Å². The van der Waals surface area contributed by atoms with Crippen LogP contribution in [0.25, 0.3) is 10.8 Å². The van der Waals surface area contributed by atoms with Gasteiger partial charge in [0.1, 0.15) is 17.5 Å². The van der Waals surface area contributed by atoms with E-state index in [-0.39, 0.29) is 17.2 Å². The number of nitrogens with one attached hydrogen (secondary N) is 1. The molecule has 1 heterocycles. The van der Waals surface area contributed by atoms with Gasteiger partial charge in [-0.3, -0.25) is 4.79 Å². The molecule has 0 aliphatic rings. The van der Waals surface area contributed by atoms with E-state index in [2.05, 4.69) is 4.72 Å². The molecule has 4 aromatic rings. The maximum Gasteiger partial charge on any atom is 0.321 e. The first-order chi connectivity index (χ1) is 16.7. The van der Waals surface area contributed by atoms with Crippen molar-refractivity contribution in [1.29, 1.82) is 0 Å². The van der Waals surface area contributed by atoms with Crippen molar-refractivity contribution in [3.05, 3.63) is 84.0 Å². The Hall–Kier alpha value is -3.53. The van der Waals surface area contributed by atoms with Crippen LogP contribution in [0.2, 0.25) is 5.02 Å². The van der Waals surface area contributed by atoms with Crippen LogP contribution in [-0.2, 0) is 21.4 Å². The molecule has 3 N–H and O–H groups in total. The van der Waals surface area contributed by atoms with Crippen molar-refractivity contribution in [3.8, 4) is 17.4 Å². The van der Waals surface area contributed by atoms with Gasteiger partial charge in [0.15, 0.2) is 5.88 Å². The number of fused-ring (bicyclic) bond motifs is 1. The maximum absolute atomic E-state index is 12.8. The molecule has 0 fully saturated rings.